The van der Waals surface area contributed by atoms with Gasteiger partial charge in [0.15, 0.2) is 0 Å². The van der Waals surface area contributed by atoms with Crippen molar-refractivity contribution in [2.75, 3.05) is 12.0 Å². The highest BCUT2D eigenvalue weighted by Crippen LogP contribution is 2.22. The molecule has 0 bridgehead atoms. The zero-order valence-corrected chi connectivity index (χ0v) is 12.2. The molecule has 0 heterocycles. The van der Waals surface area contributed by atoms with Crippen LogP contribution in [0.4, 0.5) is 0 Å². The first-order valence-corrected chi connectivity index (χ1v) is 8.23. The van der Waals surface area contributed by atoms with Crippen molar-refractivity contribution in [3.8, 4) is 0 Å². The molecule has 0 radical (unpaired) electrons. The normalized spacial score (nSPS) is 25.4. The average Bonchev–Trinajstić information content (AvgIpc) is 2.58. The Labute approximate surface area is 118 Å². The summed E-state index contributed by atoms with van der Waals surface area (Å²) in [6.45, 7) is 0. The fourth-order valence-electron chi connectivity index (χ4n) is 2.43. The molecule has 1 aliphatic carbocycles. The summed E-state index contributed by atoms with van der Waals surface area (Å²) in [6.07, 6.45) is 7.13. The average molecular weight is 288 g/mol. The third-order valence-corrected chi connectivity index (χ3v) is 4.28. The highest BCUT2D eigenvalue weighted by atomic mass is 32.2. The monoisotopic (exact) mass is 288 g/mol. The van der Waals surface area contributed by atoms with E-state index in [1.54, 1.807) is 11.8 Å². The maximum Gasteiger partial charge on any atom is 0.326 e. The van der Waals surface area contributed by atoms with Gasteiger partial charge in [0, 0.05) is 6.04 Å². The van der Waals surface area contributed by atoms with Gasteiger partial charge in [-0.25, -0.2) is 4.79 Å². The van der Waals surface area contributed by atoms with E-state index in [-0.39, 0.29) is 17.9 Å². The topological polar surface area (TPSA) is 92.4 Å². The van der Waals surface area contributed by atoms with Gasteiger partial charge in [-0.1, -0.05) is 19.3 Å². The van der Waals surface area contributed by atoms with E-state index in [0.717, 1.165) is 32.1 Å². The van der Waals surface area contributed by atoms with Crippen molar-refractivity contribution in [3.63, 3.8) is 0 Å². The molecule has 0 saturated heterocycles. The van der Waals surface area contributed by atoms with Crippen molar-refractivity contribution >= 4 is 23.6 Å². The Balaban J connectivity index is 2.56. The molecule has 0 aliphatic heterocycles. The molecule has 3 atom stereocenters. The van der Waals surface area contributed by atoms with Gasteiger partial charge in [-0.15, -0.1) is 0 Å². The minimum absolute atomic E-state index is 0.141. The molecule has 1 fully saturated rings. The van der Waals surface area contributed by atoms with Crippen LogP contribution in [0.15, 0.2) is 0 Å². The highest BCUT2D eigenvalue weighted by Gasteiger charge is 2.29. The summed E-state index contributed by atoms with van der Waals surface area (Å²) in [5.41, 5.74) is 6.02. The number of aliphatic carboxylic acids is 1. The lowest BCUT2D eigenvalue weighted by atomic mass is 9.94. The number of carbonyl (C=O) groups is 2. The molecule has 1 aliphatic rings. The number of hydrogen-bond donors (Lipinski definition) is 3. The van der Waals surface area contributed by atoms with Crippen LogP contribution in [0.25, 0.3) is 0 Å². The fraction of sp³-hybridized carbons (Fsp3) is 0.846. The van der Waals surface area contributed by atoms with Crippen molar-refractivity contribution in [1.29, 1.82) is 0 Å². The van der Waals surface area contributed by atoms with E-state index in [0.29, 0.717) is 12.2 Å². The lowest BCUT2D eigenvalue weighted by Gasteiger charge is -2.23. The van der Waals surface area contributed by atoms with E-state index < -0.39 is 12.0 Å². The van der Waals surface area contributed by atoms with Gasteiger partial charge in [0.25, 0.3) is 0 Å². The van der Waals surface area contributed by atoms with Gasteiger partial charge in [-0.05, 0) is 31.3 Å². The van der Waals surface area contributed by atoms with E-state index in [9.17, 15) is 9.59 Å². The molecule has 1 amide bonds. The quantitative estimate of drug-likeness (QED) is 0.639. The van der Waals surface area contributed by atoms with Gasteiger partial charge in [0.05, 0.1) is 5.92 Å². The van der Waals surface area contributed by atoms with Crippen LogP contribution in [0.3, 0.4) is 0 Å². The molecule has 0 spiro atoms. The zero-order valence-electron chi connectivity index (χ0n) is 11.4. The summed E-state index contributed by atoms with van der Waals surface area (Å²) in [5.74, 6) is -0.681. The van der Waals surface area contributed by atoms with Crippen LogP contribution >= 0.6 is 11.8 Å². The van der Waals surface area contributed by atoms with E-state index in [1.807, 2.05) is 6.26 Å². The number of nitrogens with one attached hydrogen (secondary N) is 1. The predicted molar refractivity (Wildman–Crippen MR) is 77.1 cm³/mol. The molecule has 1 saturated carbocycles. The molecule has 0 aromatic rings. The van der Waals surface area contributed by atoms with E-state index >= 15 is 0 Å². The number of hydrogen-bond acceptors (Lipinski definition) is 4. The zero-order chi connectivity index (χ0) is 14.3. The Kier molecular flexibility index (Phi) is 7.23. The number of carbonyl (C=O) groups excluding carboxylic acids is 1. The molecule has 3 unspecified atom stereocenters. The van der Waals surface area contributed by atoms with Crippen LogP contribution in [-0.4, -0.2) is 41.1 Å². The molecular weight excluding hydrogens is 264 g/mol. The maximum absolute atomic E-state index is 12.2. The van der Waals surface area contributed by atoms with Gasteiger partial charge >= 0.3 is 5.97 Å². The van der Waals surface area contributed by atoms with Gasteiger partial charge in [-0.2, -0.15) is 11.8 Å². The van der Waals surface area contributed by atoms with Crippen LogP contribution in [0.1, 0.15) is 38.5 Å². The molecule has 6 heteroatoms. The van der Waals surface area contributed by atoms with Crippen LogP contribution in [0.2, 0.25) is 0 Å². The summed E-state index contributed by atoms with van der Waals surface area (Å²) in [6, 6.07) is -0.937. The van der Waals surface area contributed by atoms with Crippen molar-refractivity contribution < 1.29 is 14.7 Å². The molecule has 0 aromatic heterocycles. The standard InChI is InChI=1S/C13H24N2O3S/c1-19-8-7-11(13(17)18)15-12(16)9-5-3-2-4-6-10(9)14/h9-11H,2-8,14H2,1H3,(H,15,16)(H,17,18). The van der Waals surface area contributed by atoms with Crippen molar-refractivity contribution in [3.05, 3.63) is 0 Å². The fourth-order valence-corrected chi connectivity index (χ4v) is 2.91. The van der Waals surface area contributed by atoms with E-state index in [2.05, 4.69) is 5.32 Å². The lowest BCUT2D eigenvalue weighted by Crippen LogP contribution is -2.48. The minimum atomic E-state index is -0.968. The van der Waals surface area contributed by atoms with Gasteiger partial charge in [-0.3, -0.25) is 4.79 Å². The second-order valence-electron chi connectivity index (χ2n) is 5.09. The Hall–Kier alpha value is -0.750. The SMILES string of the molecule is CSCCC(NC(=O)C1CCCCCC1N)C(=O)O. The predicted octanol–water partition coefficient (Wildman–Crippen LogP) is 1.22. The number of carboxylic acids is 1. The first-order chi connectivity index (χ1) is 9.06. The Morgan fingerprint density at radius 1 is 1.37 bits per heavy atom. The Morgan fingerprint density at radius 2 is 2.05 bits per heavy atom. The number of rotatable bonds is 6. The van der Waals surface area contributed by atoms with Crippen LogP contribution in [0, 0.1) is 5.92 Å². The van der Waals surface area contributed by atoms with Crippen molar-refractivity contribution in [2.24, 2.45) is 11.7 Å². The number of thioether (sulfide) groups is 1. The number of nitrogens with two attached hydrogens (primary N) is 1. The van der Waals surface area contributed by atoms with Crippen molar-refractivity contribution in [2.45, 2.75) is 50.6 Å². The van der Waals surface area contributed by atoms with Crippen LogP contribution < -0.4 is 11.1 Å². The second-order valence-corrected chi connectivity index (χ2v) is 6.07. The van der Waals surface area contributed by atoms with E-state index in [1.165, 1.54) is 0 Å². The van der Waals surface area contributed by atoms with Gasteiger partial charge < -0.3 is 16.2 Å². The maximum atomic E-state index is 12.2. The summed E-state index contributed by atoms with van der Waals surface area (Å²) in [5, 5.41) is 11.8. The first kappa shape index (κ1) is 16.3. The number of carboxylic acid groups (broad SMARTS) is 1. The molecule has 110 valence electrons. The summed E-state index contributed by atoms with van der Waals surface area (Å²) in [4.78, 5) is 23.3. The minimum Gasteiger partial charge on any atom is -0.480 e. The highest BCUT2D eigenvalue weighted by molar-refractivity contribution is 7.98. The van der Waals surface area contributed by atoms with Crippen LogP contribution in [-0.2, 0) is 9.59 Å². The third kappa shape index (κ3) is 5.40. The molecule has 5 nitrogen and oxygen atoms in total. The lowest BCUT2D eigenvalue weighted by molar-refractivity contribution is -0.142. The van der Waals surface area contributed by atoms with Crippen molar-refractivity contribution in [1.82, 2.24) is 5.32 Å². The third-order valence-electron chi connectivity index (χ3n) is 3.63. The van der Waals surface area contributed by atoms with Gasteiger partial charge in [0.2, 0.25) is 5.91 Å². The summed E-state index contributed by atoms with van der Waals surface area (Å²) in [7, 11) is 0. The molecule has 1 rings (SSSR count). The second kappa shape index (κ2) is 8.43. The molecule has 4 N–H and O–H groups in total. The first-order valence-electron chi connectivity index (χ1n) is 6.84. The van der Waals surface area contributed by atoms with Crippen LogP contribution in [0.5, 0.6) is 0 Å². The largest absolute Gasteiger partial charge is 0.480 e. The Morgan fingerprint density at radius 3 is 2.68 bits per heavy atom. The molecule has 0 aromatic carbocycles. The van der Waals surface area contributed by atoms with Gasteiger partial charge in [0.1, 0.15) is 6.04 Å². The smallest absolute Gasteiger partial charge is 0.326 e. The molecular formula is C13H24N2O3S. The summed E-state index contributed by atoms with van der Waals surface area (Å²) >= 11 is 1.57. The number of amides is 1. The van der Waals surface area contributed by atoms with E-state index in [4.69, 9.17) is 10.8 Å². The Bertz CT molecular complexity index is 312. The summed E-state index contributed by atoms with van der Waals surface area (Å²) < 4.78 is 0. The molecule has 19 heavy (non-hydrogen) atoms.